The Bertz CT molecular complexity index is 319. The third-order valence-electron chi connectivity index (χ3n) is 2.54. The summed E-state index contributed by atoms with van der Waals surface area (Å²) in [6.07, 6.45) is 2.67. The Hall–Kier alpha value is 0.580. The zero-order valence-electron chi connectivity index (χ0n) is 8.17. The minimum absolute atomic E-state index is 0.0817. The maximum atomic E-state index is 9.33. The molecule has 84 valence electrons. The molecule has 1 heterocycles. The molecule has 0 bridgehead atoms. The van der Waals surface area contributed by atoms with Gasteiger partial charge in [0, 0.05) is 9.35 Å². The average molecular weight is 355 g/mol. The lowest BCUT2D eigenvalue weighted by Gasteiger charge is -2.13. The van der Waals surface area contributed by atoms with Gasteiger partial charge in [0.25, 0.3) is 0 Å². The third kappa shape index (κ3) is 3.27. The normalized spacial score (nSPS) is 18.1. The molecular weight excluding hydrogens is 342 g/mol. The van der Waals surface area contributed by atoms with Crippen molar-refractivity contribution in [1.29, 1.82) is 0 Å². The molecule has 1 unspecified atom stereocenters. The Morgan fingerprint density at radius 3 is 2.73 bits per heavy atom. The SMILES string of the molecule is OCC(NCC1CC1)c1cc(Br)c(Br)s1. The number of aliphatic hydroxyl groups excluding tert-OH is 1. The van der Waals surface area contributed by atoms with Crippen LogP contribution in [0.15, 0.2) is 14.3 Å². The molecule has 2 N–H and O–H groups in total. The standard InChI is InChI=1S/C10H13Br2NOS/c11-7-3-9(15-10(7)12)8(5-14)13-4-6-1-2-6/h3,6,8,13-14H,1-2,4-5H2. The van der Waals surface area contributed by atoms with Crippen LogP contribution < -0.4 is 5.32 Å². The van der Waals surface area contributed by atoms with E-state index in [0.29, 0.717) is 0 Å². The summed E-state index contributed by atoms with van der Waals surface area (Å²) < 4.78 is 2.15. The van der Waals surface area contributed by atoms with E-state index in [9.17, 15) is 5.11 Å². The molecule has 0 aromatic carbocycles. The van der Waals surface area contributed by atoms with Gasteiger partial charge in [-0.05, 0) is 63.2 Å². The molecule has 1 aliphatic carbocycles. The first-order valence-electron chi connectivity index (χ1n) is 4.99. The molecule has 0 spiro atoms. The molecule has 1 aromatic rings. The van der Waals surface area contributed by atoms with E-state index in [1.54, 1.807) is 11.3 Å². The summed E-state index contributed by atoms with van der Waals surface area (Å²) in [5.41, 5.74) is 0. The van der Waals surface area contributed by atoms with Crippen LogP contribution in [0.1, 0.15) is 23.8 Å². The highest BCUT2D eigenvalue weighted by Gasteiger charge is 2.23. The molecule has 1 fully saturated rings. The van der Waals surface area contributed by atoms with Crippen LogP contribution in [0.4, 0.5) is 0 Å². The first-order chi connectivity index (χ1) is 7.20. The van der Waals surface area contributed by atoms with E-state index < -0.39 is 0 Å². The minimum Gasteiger partial charge on any atom is -0.394 e. The first-order valence-corrected chi connectivity index (χ1v) is 7.40. The summed E-state index contributed by atoms with van der Waals surface area (Å²) >= 11 is 8.59. The number of hydrogen-bond acceptors (Lipinski definition) is 3. The maximum Gasteiger partial charge on any atom is 0.0843 e. The van der Waals surface area contributed by atoms with E-state index in [1.165, 1.54) is 17.7 Å². The highest BCUT2D eigenvalue weighted by Crippen LogP contribution is 2.36. The summed E-state index contributed by atoms with van der Waals surface area (Å²) in [4.78, 5) is 1.18. The van der Waals surface area contributed by atoms with Crippen LogP contribution in [0.2, 0.25) is 0 Å². The molecule has 2 nitrogen and oxygen atoms in total. The van der Waals surface area contributed by atoms with E-state index in [2.05, 4.69) is 43.2 Å². The molecule has 1 saturated carbocycles. The zero-order valence-corrected chi connectivity index (χ0v) is 12.2. The molecular formula is C10H13Br2NOS. The predicted octanol–water partition coefficient (Wildman–Crippen LogP) is 3.31. The fourth-order valence-corrected chi connectivity index (χ4v) is 3.58. The highest BCUT2D eigenvalue weighted by atomic mass is 79.9. The Morgan fingerprint density at radius 2 is 2.27 bits per heavy atom. The van der Waals surface area contributed by atoms with E-state index >= 15 is 0 Å². The molecule has 1 aromatic heterocycles. The van der Waals surface area contributed by atoms with E-state index in [1.807, 2.05) is 0 Å². The van der Waals surface area contributed by atoms with Crippen LogP contribution >= 0.6 is 43.2 Å². The summed E-state index contributed by atoms with van der Waals surface area (Å²) in [5, 5.41) is 12.7. The van der Waals surface area contributed by atoms with E-state index in [0.717, 1.165) is 20.7 Å². The van der Waals surface area contributed by atoms with Gasteiger partial charge in [-0.25, -0.2) is 0 Å². The van der Waals surface area contributed by atoms with E-state index in [-0.39, 0.29) is 12.6 Å². The van der Waals surface area contributed by atoms with Crippen molar-refractivity contribution < 1.29 is 5.11 Å². The molecule has 0 aliphatic heterocycles. The number of aliphatic hydroxyl groups is 1. The summed E-state index contributed by atoms with van der Waals surface area (Å²) in [6, 6.07) is 2.15. The Morgan fingerprint density at radius 1 is 1.53 bits per heavy atom. The van der Waals surface area contributed by atoms with Gasteiger partial charge in [-0.3, -0.25) is 0 Å². The van der Waals surface area contributed by atoms with Gasteiger partial charge in [0.1, 0.15) is 0 Å². The number of thiophene rings is 1. The molecule has 1 aliphatic rings. The van der Waals surface area contributed by atoms with Gasteiger partial charge < -0.3 is 10.4 Å². The van der Waals surface area contributed by atoms with Gasteiger partial charge in [-0.1, -0.05) is 0 Å². The Balaban J connectivity index is 1.97. The van der Waals surface area contributed by atoms with Crippen LogP contribution in [0.3, 0.4) is 0 Å². The quantitative estimate of drug-likeness (QED) is 0.850. The maximum absolute atomic E-state index is 9.33. The van der Waals surface area contributed by atoms with Gasteiger partial charge in [-0.15, -0.1) is 11.3 Å². The van der Waals surface area contributed by atoms with Crippen LogP contribution in [0.5, 0.6) is 0 Å². The number of rotatable bonds is 5. The van der Waals surface area contributed by atoms with Crippen molar-refractivity contribution in [3.05, 3.63) is 19.2 Å². The Kier molecular flexibility index (Phi) is 4.24. The van der Waals surface area contributed by atoms with Gasteiger partial charge in [0.2, 0.25) is 0 Å². The second-order valence-corrected chi connectivity index (χ2v) is 7.11. The van der Waals surface area contributed by atoms with Crippen molar-refractivity contribution in [1.82, 2.24) is 5.32 Å². The minimum atomic E-state index is 0.0817. The van der Waals surface area contributed by atoms with Crippen molar-refractivity contribution in [3.8, 4) is 0 Å². The van der Waals surface area contributed by atoms with Gasteiger partial charge >= 0.3 is 0 Å². The van der Waals surface area contributed by atoms with Crippen LogP contribution in [0.25, 0.3) is 0 Å². The van der Waals surface area contributed by atoms with Gasteiger partial charge in [-0.2, -0.15) is 0 Å². The predicted molar refractivity (Wildman–Crippen MR) is 70.3 cm³/mol. The lowest BCUT2D eigenvalue weighted by Crippen LogP contribution is -2.25. The van der Waals surface area contributed by atoms with Crippen molar-refractivity contribution in [2.24, 2.45) is 5.92 Å². The fraction of sp³-hybridized carbons (Fsp3) is 0.600. The van der Waals surface area contributed by atoms with Crippen molar-refractivity contribution in [3.63, 3.8) is 0 Å². The van der Waals surface area contributed by atoms with Crippen LogP contribution in [0, 0.1) is 5.92 Å². The molecule has 2 rings (SSSR count). The van der Waals surface area contributed by atoms with Crippen LogP contribution in [-0.2, 0) is 0 Å². The van der Waals surface area contributed by atoms with Gasteiger partial charge in [0.05, 0.1) is 16.4 Å². The van der Waals surface area contributed by atoms with Gasteiger partial charge in [0.15, 0.2) is 0 Å². The number of halogens is 2. The highest BCUT2D eigenvalue weighted by molar-refractivity contribution is 9.13. The smallest absolute Gasteiger partial charge is 0.0843 e. The second kappa shape index (κ2) is 5.27. The summed E-state index contributed by atoms with van der Waals surface area (Å²) in [7, 11) is 0. The average Bonchev–Trinajstić information content (AvgIpc) is 2.96. The number of nitrogens with one attached hydrogen (secondary N) is 1. The molecule has 0 amide bonds. The zero-order chi connectivity index (χ0) is 10.8. The molecule has 0 radical (unpaired) electrons. The Labute approximate surface area is 110 Å². The molecule has 5 heteroatoms. The van der Waals surface area contributed by atoms with Crippen molar-refractivity contribution in [2.45, 2.75) is 18.9 Å². The summed E-state index contributed by atoms with van der Waals surface area (Å²) in [5.74, 6) is 0.839. The largest absolute Gasteiger partial charge is 0.394 e. The van der Waals surface area contributed by atoms with Crippen LogP contribution in [-0.4, -0.2) is 18.3 Å². The summed E-state index contributed by atoms with van der Waals surface area (Å²) in [6.45, 7) is 1.18. The molecule has 1 atom stereocenters. The topological polar surface area (TPSA) is 32.3 Å². The van der Waals surface area contributed by atoms with Crippen molar-refractivity contribution in [2.75, 3.05) is 13.2 Å². The molecule has 0 saturated heterocycles. The number of hydrogen-bond donors (Lipinski definition) is 2. The molecule has 15 heavy (non-hydrogen) atoms. The van der Waals surface area contributed by atoms with Crippen molar-refractivity contribution >= 4 is 43.2 Å². The van der Waals surface area contributed by atoms with E-state index in [4.69, 9.17) is 0 Å². The monoisotopic (exact) mass is 353 g/mol. The second-order valence-electron chi connectivity index (χ2n) is 3.86. The third-order valence-corrected chi connectivity index (χ3v) is 5.91. The fourth-order valence-electron chi connectivity index (χ4n) is 1.42. The first kappa shape index (κ1) is 12.0. The lowest BCUT2D eigenvalue weighted by atomic mass is 10.2. The lowest BCUT2D eigenvalue weighted by molar-refractivity contribution is 0.245.